The Hall–Kier alpha value is -5.84. The first-order valence-electron chi connectivity index (χ1n) is 21.9. The van der Waals surface area contributed by atoms with E-state index in [1.54, 1.807) is 0 Å². The molecular formula is C54H59N5OP+. The van der Waals surface area contributed by atoms with Crippen molar-refractivity contribution in [1.29, 1.82) is 0 Å². The summed E-state index contributed by atoms with van der Waals surface area (Å²) in [6.45, 7) is 18.0. The highest BCUT2D eigenvalue weighted by molar-refractivity contribution is 7.95. The van der Waals surface area contributed by atoms with E-state index in [1.807, 2.05) is 18.0 Å². The minimum atomic E-state index is -1.98. The molecule has 3 aromatic carbocycles. The fraction of sp³-hybridized carbons (Fsp3) is 0.278. The molecule has 8 rings (SSSR count). The second kappa shape index (κ2) is 17.6. The Kier molecular flexibility index (Phi) is 12.1. The van der Waals surface area contributed by atoms with Crippen LogP contribution < -0.4 is 15.9 Å². The summed E-state index contributed by atoms with van der Waals surface area (Å²) in [6, 6.07) is 39.6. The number of aryl methyl sites for hydroxylation is 3. The molecule has 1 amide bonds. The first kappa shape index (κ1) is 41.9. The second-order valence-electron chi connectivity index (χ2n) is 16.9. The molecule has 7 heteroatoms. The van der Waals surface area contributed by atoms with Crippen molar-refractivity contribution in [3.05, 3.63) is 166 Å². The third-order valence-corrected chi connectivity index (χ3v) is 17.9. The molecule has 2 N–H and O–H groups in total. The number of amides is 1. The van der Waals surface area contributed by atoms with Gasteiger partial charge in [0.1, 0.15) is 23.2 Å². The Morgan fingerprint density at radius 3 is 1.95 bits per heavy atom. The average molecular weight is 825 g/mol. The summed E-state index contributed by atoms with van der Waals surface area (Å²) in [7, 11) is -0.0000800. The monoisotopic (exact) mass is 824 g/mol. The number of rotatable bonds is 12. The van der Waals surface area contributed by atoms with Gasteiger partial charge >= 0.3 is 0 Å². The van der Waals surface area contributed by atoms with Gasteiger partial charge in [0.15, 0.2) is 0 Å². The highest BCUT2D eigenvalue weighted by Crippen LogP contribution is 2.55. The molecule has 61 heavy (non-hydrogen) atoms. The van der Waals surface area contributed by atoms with Crippen LogP contribution in [0, 0.1) is 20.8 Å². The van der Waals surface area contributed by atoms with E-state index in [-0.39, 0.29) is 17.7 Å². The Labute approximate surface area is 362 Å². The van der Waals surface area contributed by atoms with E-state index in [4.69, 9.17) is 9.97 Å². The van der Waals surface area contributed by atoms with E-state index in [0.29, 0.717) is 19.4 Å². The molecule has 0 saturated heterocycles. The maximum Gasteiger partial charge on any atom is 0.222 e. The molecule has 8 bridgehead atoms. The predicted octanol–water partition coefficient (Wildman–Crippen LogP) is 11.5. The Morgan fingerprint density at radius 1 is 0.770 bits per heavy atom. The van der Waals surface area contributed by atoms with E-state index in [0.717, 1.165) is 86.1 Å². The molecule has 6 nitrogen and oxygen atoms in total. The summed E-state index contributed by atoms with van der Waals surface area (Å²) >= 11 is 0. The maximum absolute atomic E-state index is 14.1. The molecule has 6 aromatic rings. The molecule has 2 aliphatic rings. The van der Waals surface area contributed by atoms with E-state index >= 15 is 0 Å². The number of aromatic amines is 2. The largest absolute Gasteiger partial charge is 0.355 e. The Balaban J connectivity index is 1.10. The number of nitrogens with zero attached hydrogens (tertiary/aromatic N) is 3. The number of allylic oxidation sites excluding steroid dienone is 1. The van der Waals surface area contributed by atoms with Gasteiger partial charge in [-0.1, -0.05) is 81.1 Å². The van der Waals surface area contributed by atoms with Gasteiger partial charge < -0.3 is 14.9 Å². The standard InChI is InChI=1S/C54H59N5OP/c1-9-43-37(5)49-34-52-44(10-2)36(4)48(56-52)33-50-38(6)45(54(58-50)39(7)47-31-35(3)46(55-47)32-51(43)57-49)27-28-53(60)59(8)29-20-30-61(40-21-14-11-15-22-40,41-23-16-12-17-24-41)42-25-18-13-19-26-42/h10-19,21-26,31-34,38,45,56-57H,2,9,20,27-30H2,1,3-8H3/q+1/t38-,45-/m0/s1. The van der Waals surface area contributed by atoms with Crippen molar-refractivity contribution in [3.8, 4) is 0 Å². The second-order valence-corrected chi connectivity index (χ2v) is 20.6. The molecule has 0 unspecified atom stereocenters. The van der Waals surface area contributed by atoms with E-state index in [2.05, 4.69) is 173 Å². The highest BCUT2D eigenvalue weighted by Gasteiger charge is 2.44. The topological polar surface area (TPSA) is 77.7 Å². The lowest BCUT2D eigenvalue weighted by Crippen LogP contribution is -2.35. The van der Waals surface area contributed by atoms with Crippen molar-refractivity contribution in [2.75, 3.05) is 19.8 Å². The van der Waals surface area contributed by atoms with Gasteiger partial charge in [-0.2, -0.15) is 0 Å². The molecular weight excluding hydrogens is 766 g/mol. The molecule has 2 atom stereocenters. The fourth-order valence-electron chi connectivity index (χ4n) is 9.70. The van der Waals surface area contributed by atoms with Gasteiger partial charge in [-0.05, 0) is 135 Å². The molecule has 0 saturated carbocycles. The molecule has 0 aliphatic carbocycles. The normalized spacial score (nSPS) is 15.1. The number of benzene rings is 3. The molecule has 0 spiro atoms. The molecule has 0 radical (unpaired) electrons. The lowest BCUT2D eigenvalue weighted by Gasteiger charge is -2.28. The van der Waals surface area contributed by atoms with Crippen LogP contribution in [-0.4, -0.2) is 50.5 Å². The van der Waals surface area contributed by atoms with Crippen LogP contribution in [0.2, 0.25) is 0 Å². The van der Waals surface area contributed by atoms with Gasteiger partial charge in [-0.25, -0.2) is 4.98 Å². The lowest BCUT2D eigenvalue weighted by molar-refractivity contribution is -0.130. The number of hydrogen-bond acceptors (Lipinski definition) is 3. The van der Waals surface area contributed by atoms with E-state index < -0.39 is 7.26 Å². The van der Waals surface area contributed by atoms with Crippen LogP contribution in [0.1, 0.15) is 102 Å². The van der Waals surface area contributed by atoms with Crippen molar-refractivity contribution in [2.24, 2.45) is 0 Å². The van der Waals surface area contributed by atoms with Crippen molar-refractivity contribution < 1.29 is 4.79 Å². The average Bonchev–Trinajstić information content (AvgIpc) is 3.99. The first-order valence-corrected chi connectivity index (χ1v) is 23.8. The van der Waals surface area contributed by atoms with Gasteiger partial charge in [0.25, 0.3) is 0 Å². The van der Waals surface area contributed by atoms with Gasteiger partial charge in [-0.15, -0.1) is 0 Å². The SMILES string of the molecule is C=Cc1c(C)c2cc3nc(c(C)c4nc(cc5[nH]c(cc1[nH]2)c(C)c5CC)C(C)=C4)[C@@H](CCC(=O)N(C)CCC[P+](c1ccccc1)(c1ccccc1)c1ccccc1)[C@@H]3C. The number of H-pyrrole nitrogens is 2. The Bertz CT molecular complexity index is 2690. The minimum Gasteiger partial charge on any atom is -0.355 e. The molecule has 5 heterocycles. The van der Waals surface area contributed by atoms with Crippen LogP contribution in [0.25, 0.3) is 39.8 Å². The third kappa shape index (κ3) is 7.95. The summed E-state index contributed by atoms with van der Waals surface area (Å²) in [4.78, 5) is 34.2. The van der Waals surface area contributed by atoms with Crippen LogP contribution in [0.5, 0.6) is 0 Å². The minimum absolute atomic E-state index is 0.0663. The van der Waals surface area contributed by atoms with E-state index in [9.17, 15) is 4.79 Å². The highest BCUT2D eigenvalue weighted by atomic mass is 31.2. The summed E-state index contributed by atoms with van der Waals surface area (Å²) in [5, 5.41) is 4.11. The van der Waals surface area contributed by atoms with Gasteiger partial charge in [0.2, 0.25) is 5.91 Å². The number of carbonyl (C=O) groups excluding carboxylic acids is 1. The summed E-state index contributed by atoms with van der Waals surface area (Å²) < 4.78 is 0. The summed E-state index contributed by atoms with van der Waals surface area (Å²) in [5.74, 6) is 0.345. The molecule has 2 aliphatic heterocycles. The van der Waals surface area contributed by atoms with Crippen LogP contribution in [-0.2, 0) is 11.2 Å². The zero-order chi connectivity index (χ0) is 42.8. The number of nitrogens with one attached hydrogen (secondary N) is 2. The maximum atomic E-state index is 14.1. The van der Waals surface area contributed by atoms with Gasteiger partial charge in [0.05, 0.1) is 17.5 Å². The number of fused-ring (bicyclic) bond motifs is 8. The third-order valence-electron chi connectivity index (χ3n) is 13.3. The van der Waals surface area contributed by atoms with Gasteiger partial charge in [0, 0.05) is 70.9 Å². The van der Waals surface area contributed by atoms with E-state index in [1.165, 1.54) is 27.0 Å². The van der Waals surface area contributed by atoms with Crippen LogP contribution >= 0.6 is 7.26 Å². The molecule has 310 valence electrons. The molecule has 0 fully saturated rings. The van der Waals surface area contributed by atoms with Crippen LogP contribution in [0.3, 0.4) is 0 Å². The zero-order valence-electron chi connectivity index (χ0n) is 36.8. The van der Waals surface area contributed by atoms with Crippen LogP contribution in [0.15, 0.2) is 116 Å². The van der Waals surface area contributed by atoms with Crippen molar-refractivity contribution >= 4 is 68.9 Å². The summed E-state index contributed by atoms with van der Waals surface area (Å²) in [5.41, 5.74) is 15.2. The van der Waals surface area contributed by atoms with Crippen molar-refractivity contribution in [2.45, 2.75) is 79.1 Å². The number of carbonyl (C=O) groups is 1. The quantitative estimate of drug-likeness (QED) is 0.121. The van der Waals surface area contributed by atoms with Crippen molar-refractivity contribution in [3.63, 3.8) is 0 Å². The smallest absolute Gasteiger partial charge is 0.222 e. The van der Waals surface area contributed by atoms with Crippen LogP contribution in [0.4, 0.5) is 0 Å². The zero-order valence-corrected chi connectivity index (χ0v) is 37.7. The van der Waals surface area contributed by atoms with Gasteiger partial charge in [-0.3, -0.25) is 9.78 Å². The predicted molar refractivity (Wildman–Crippen MR) is 261 cm³/mol. The molecule has 3 aromatic heterocycles. The summed E-state index contributed by atoms with van der Waals surface area (Å²) in [6.07, 6.45) is 8.07. The lowest BCUT2D eigenvalue weighted by atomic mass is 9.85. The number of hydrogen-bond donors (Lipinski definition) is 2. The number of aromatic nitrogens is 4. The fourth-order valence-corrected chi connectivity index (χ4v) is 14.0. The first-order chi connectivity index (χ1) is 29.5. The Morgan fingerprint density at radius 2 is 1.36 bits per heavy atom. The van der Waals surface area contributed by atoms with Crippen molar-refractivity contribution in [1.82, 2.24) is 24.8 Å².